The Balaban J connectivity index is 1.57. The predicted molar refractivity (Wildman–Crippen MR) is 110 cm³/mol. The van der Waals surface area contributed by atoms with Gasteiger partial charge in [-0.15, -0.1) is 0 Å². The lowest BCUT2D eigenvalue weighted by Crippen LogP contribution is -2.38. The number of hydrogen-bond acceptors (Lipinski definition) is 6. The van der Waals surface area contributed by atoms with Gasteiger partial charge in [0.05, 0.1) is 0 Å². The molecule has 0 bridgehead atoms. The van der Waals surface area contributed by atoms with Crippen LogP contribution in [0.25, 0.3) is 11.1 Å². The Morgan fingerprint density at radius 3 is 2.47 bits per heavy atom. The third kappa shape index (κ3) is 4.85. The first-order valence-corrected chi connectivity index (χ1v) is 9.69. The van der Waals surface area contributed by atoms with Gasteiger partial charge >= 0.3 is 6.18 Å². The van der Waals surface area contributed by atoms with Crippen LogP contribution >= 0.6 is 0 Å². The second-order valence-corrected chi connectivity index (χ2v) is 7.06. The first kappa shape index (κ1) is 20.1. The molecule has 3 N–H and O–H groups in total. The Morgan fingerprint density at radius 1 is 0.967 bits per heavy atom. The van der Waals surface area contributed by atoms with E-state index in [9.17, 15) is 13.2 Å². The number of halogens is 3. The van der Waals surface area contributed by atoms with Gasteiger partial charge in [0.2, 0.25) is 5.95 Å². The van der Waals surface area contributed by atoms with Gasteiger partial charge in [-0.25, -0.2) is 9.97 Å². The molecular formula is C21H21F3N6. The van der Waals surface area contributed by atoms with Gasteiger partial charge in [-0.3, -0.25) is 0 Å². The highest BCUT2D eigenvalue weighted by Gasteiger charge is 2.35. The van der Waals surface area contributed by atoms with Gasteiger partial charge in [0.25, 0.3) is 0 Å². The van der Waals surface area contributed by atoms with E-state index in [0.717, 1.165) is 43.3 Å². The average molecular weight is 414 g/mol. The van der Waals surface area contributed by atoms with Crippen LogP contribution in [0.15, 0.2) is 54.9 Å². The third-order valence-electron chi connectivity index (χ3n) is 4.84. The molecular weight excluding hydrogens is 393 g/mol. The van der Waals surface area contributed by atoms with Crippen molar-refractivity contribution in [3.05, 3.63) is 60.4 Å². The molecule has 0 radical (unpaired) electrons. The Bertz CT molecular complexity index is 970. The number of alkyl halides is 3. The van der Waals surface area contributed by atoms with Crippen LogP contribution in [0.2, 0.25) is 0 Å². The van der Waals surface area contributed by atoms with Crippen molar-refractivity contribution in [2.75, 3.05) is 23.7 Å². The minimum absolute atomic E-state index is 0.0756. The van der Waals surface area contributed by atoms with E-state index in [1.54, 1.807) is 18.3 Å². The second-order valence-electron chi connectivity index (χ2n) is 7.06. The summed E-state index contributed by atoms with van der Waals surface area (Å²) in [5.74, 6) is 0.0907. The van der Waals surface area contributed by atoms with Crippen molar-refractivity contribution < 1.29 is 13.2 Å². The van der Waals surface area contributed by atoms with Gasteiger partial charge < -0.3 is 16.0 Å². The first-order valence-electron chi connectivity index (χ1n) is 9.69. The summed E-state index contributed by atoms with van der Waals surface area (Å²) < 4.78 is 40.4. The lowest BCUT2D eigenvalue weighted by atomic mass is 10.1. The molecule has 0 saturated carbocycles. The number of benzene rings is 1. The van der Waals surface area contributed by atoms with Crippen molar-refractivity contribution in [2.24, 2.45) is 0 Å². The summed E-state index contributed by atoms with van der Waals surface area (Å²) in [4.78, 5) is 12.2. The fourth-order valence-corrected chi connectivity index (χ4v) is 3.30. The maximum Gasteiger partial charge on any atom is 0.421 e. The molecule has 0 unspecified atom stereocenters. The normalized spacial score (nSPS) is 16.8. The molecule has 0 amide bonds. The lowest BCUT2D eigenvalue weighted by molar-refractivity contribution is -0.137. The smallest absolute Gasteiger partial charge is 0.350 e. The van der Waals surface area contributed by atoms with Crippen LogP contribution in [0.5, 0.6) is 0 Å². The number of nitrogens with zero attached hydrogens (tertiary/aromatic N) is 3. The quantitative estimate of drug-likeness (QED) is 0.572. The highest BCUT2D eigenvalue weighted by atomic mass is 19.4. The summed E-state index contributed by atoms with van der Waals surface area (Å²) in [5.41, 5.74) is 0.901. The zero-order chi connectivity index (χ0) is 21.0. The standard InChI is InChI=1S/C21H21F3N6/c22-21(23,24)17-13-27-20(28-16-7-4-10-25-12-16)30-19(17)29-18-9-8-15(11-26-18)14-5-2-1-3-6-14/h1-3,5-6,8-9,11,13,16,25H,4,7,10,12H2,(H2,26,27,28,29,30)/t16-/m0/s1. The number of aromatic nitrogens is 3. The summed E-state index contributed by atoms with van der Waals surface area (Å²) in [6.45, 7) is 1.65. The van der Waals surface area contributed by atoms with Crippen molar-refractivity contribution in [3.8, 4) is 11.1 Å². The van der Waals surface area contributed by atoms with Crippen LogP contribution in [-0.2, 0) is 6.18 Å². The maximum atomic E-state index is 13.5. The van der Waals surface area contributed by atoms with Crippen molar-refractivity contribution in [1.82, 2.24) is 20.3 Å². The van der Waals surface area contributed by atoms with Gasteiger partial charge in [-0.05, 0) is 37.1 Å². The molecule has 156 valence electrons. The van der Waals surface area contributed by atoms with Gasteiger partial charge in [0, 0.05) is 30.5 Å². The molecule has 9 heteroatoms. The Labute approximate surface area is 172 Å². The van der Waals surface area contributed by atoms with Crippen molar-refractivity contribution in [1.29, 1.82) is 0 Å². The number of hydrogen-bond donors (Lipinski definition) is 3. The zero-order valence-electron chi connectivity index (χ0n) is 16.1. The van der Waals surface area contributed by atoms with E-state index in [4.69, 9.17) is 0 Å². The van der Waals surface area contributed by atoms with Crippen molar-refractivity contribution in [3.63, 3.8) is 0 Å². The highest BCUT2D eigenvalue weighted by molar-refractivity contribution is 5.65. The van der Waals surface area contributed by atoms with E-state index in [0.29, 0.717) is 0 Å². The zero-order valence-corrected chi connectivity index (χ0v) is 16.1. The maximum absolute atomic E-state index is 13.5. The molecule has 1 aliphatic rings. The number of piperidine rings is 1. The fraction of sp³-hybridized carbons (Fsp3) is 0.286. The molecule has 1 aromatic carbocycles. The SMILES string of the molecule is FC(F)(F)c1cnc(N[C@H]2CCCNC2)nc1Nc1ccc(-c2ccccc2)cn1. The minimum Gasteiger partial charge on any atom is -0.350 e. The molecule has 0 spiro atoms. The Hall–Kier alpha value is -3.20. The molecule has 30 heavy (non-hydrogen) atoms. The Kier molecular flexibility index (Phi) is 5.80. The molecule has 1 fully saturated rings. The van der Waals surface area contributed by atoms with E-state index in [-0.39, 0.29) is 23.6 Å². The van der Waals surface area contributed by atoms with Gasteiger partial charge in [0.1, 0.15) is 17.2 Å². The fourth-order valence-electron chi connectivity index (χ4n) is 3.30. The Morgan fingerprint density at radius 2 is 1.80 bits per heavy atom. The number of pyridine rings is 1. The molecule has 2 aromatic heterocycles. The molecule has 4 rings (SSSR count). The van der Waals surface area contributed by atoms with Crippen LogP contribution < -0.4 is 16.0 Å². The lowest BCUT2D eigenvalue weighted by Gasteiger charge is -2.24. The van der Waals surface area contributed by atoms with Crippen LogP contribution in [0.3, 0.4) is 0 Å². The topological polar surface area (TPSA) is 74.8 Å². The largest absolute Gasteiger partial charge is 0.421 e. The van der Waals surface area contributed by atoms with Crippen LogP contribution in [0.1, 0.15) is 18.4 Å². The van der Waals surface area contributed by atoms with Crippen LogP contribution in [0, 0.1) is 0 Å². The van der Waals surface area contributed by atoms with Crippen LogP contribution in [-0.4, -0.2) is 34.1 Å². The second kappa shape index (κ2) is 8.66. The molecule has 0 aliphatic carbocycles. The van der Waals surface area contributed by atoms with E-state index in [2.05, 4.69) is 30.9 Å². The summed E-state index contributed by atoms with van der Waals surface area (Å²) >= 11 is 0. The third-order valence-corrected chi connectivity index (χ3v) is 4.84. The summed E-state index contributed by atoms with van der Waals surface area (Å²) in [6.07, 6.45) is -0.286. The van der Waals surface area contributed by atoms with Crippen molar-refractivity contribution in [2.45, 2.75) is 25.1 Å². The van der Waals surface area contributed by atoms with E-state index in [1.807, 2.05) is 30.3 Å². The molecule has 6 nitrogen and oxygen atoms in total. The molecule has 1 saturated heterocycles. The van der Waals surface area contributed by atoms with E-state index in [1.165, 1.54) is 0 Å². The molecule has 3 aromatic rings. The minimum atomic E-state index is -4.59. The summed E-state index contributed by atoms with van der Waals surface area (Å²) in [5, 5.41) is 9.04. The average Bonchev–Trinajstić information content (AvgIpc) is 2.75. The number of nitrogens with one attached hydrogen (secondary N) is 3. The molecule has 1 aliphatic heterocycles. The highest BCUT2D eigenvalue weighted by Crippen LogP contribution is 2.35. The van der Waals surface area contributed by atoms with Gasteiger partial charge in [0.15, 0.2) is 0 Å². The van der Waals surface area contributed by atoms with E-state index >= 15 is 0 Å². The monoisotopic (exact) mass is 414 g/mol. The number of anilines is 3. The molecule has 3 heterocycles. The number of rotatable bonds is 5. The summed E-state index contributed by atoms with van der Waals surface area (Å²) in [7, 11) is 0. The van der Waals surface area contributed by atoms with Gasteiger partial charge in [-0.2, -0.15) is 18.2 Å². The molecule has 1 atom stereocenters. The predicted octanol–water partition coefficient (Wildman–Crippen LogP) is 4.46. The first-order chi connectivity index (χ1) is 14.5. The van der Waals surface area contributed by atoms with E-state index < -0.39 is 11.7 Å². The summed E-state index contributed by atoms with van der Waals surface area (Å²) in [6, 6.07) is 13.1. The van der Waals surface area contributed by atoms with Crippen molar-refractivity contribution >= 4 is 17.6 Å². The van der Waals surface area contributed by atoms with Crippen LogP contribution in [0.4, 0.5) is 30.8 Å². The van der Waals surface area contributed by atoms with Gasteiger partial charge in [-0.1, -0.05) is 30.3 Å².